The van der Waals surface area contributed by atoms with Crippen LogP contribution in [0.1, 0.15) is 59.3 Å². The van der Waals surface area contributed by atoms with E-state index in [0.29, 0.717) is 29.5 Å². The first-order valence-electron chi connectivity index (χ1n) is 9.78. The van der Waals surface area contributed by atoms with Gasteiger partial charge in [-0.15, -0.1) is 0 Å². The summed E-state index contributed by atoms with van der Waals surface area (Å²) in [6.07, 6.45) is 8.29. The van der Waals surface area contributed by atoms with Crippen LogP contribution in [0.4, 0.5) is 0 Å². The summed E-state index contributed by atoms with van der Waals surface area (Å²) in [5.74, 6) is 3.02. The van der Waals surface area contributed by atoms with Gasteiger partial charge in [0.15, 0.2) is 0 Å². The SMILES string of the molecule is CC1CC2C3CCC(=O)C3(C)CCC2C2(C)CCN(C)C(=O)C=C12. The van der Waals surface area contributed by atoms with Gasteiger partial charge in [0.05, 0.1) is 0 Å². The van der Waals surface area contributed by atoms with E-state index in [9.17, 15) is 9.59 Å². The Morgan fingerprint density at radius 2 is 1.79 bits per heavy atom. The molecule has 3 nitrogen and oxygen atoms in total. The molecule has 0 spiro atoms. The van der Waals surface area contributed by atoms with Crippen molar-refractivity contribution >= 4 is 11.7 Å². The first kappa shape index (κ1) is 16.4. The average molecular weight is 329 g/mol. The molecule has 6 atom stereocenters. The molecule has 3 aliphatic carbocycles. The first-order valence-corrected chi connectivity index (χ1v) is 9.78. The van der Waals surface area contributed by atoms with Crippen molar-refractivity contribution in [2.24, 2.45) is 34.5 Å². The van der Waals surface area contributed by atoms with Gasteiger partial charge in [-0.05, 0) is 61.2 Å². The van der Waals surface area contributed by atoms with E-state index in [1.165, 1.54) is 5.57 Å². The maximum atomic E-state index is 12.5. The standard InChI is InChI=1S/C21H31NO2/c1-13-11-14-15-5-6-18(23)21(15,3)8-7-16(14)20(2)9-10-22(4)19(24)12-17(13)20/h12-16H,5-11H2,1-4H3. The third kappa shape index (κ3) is 2.02. The predicted octanol–water partition coefficient (Wildman–Crippen LogP) is 3.83. The molecule has 0 aromatic rings. The van der Waals surface area contributed by atoms with Gasteiger partial charge in [0.25, 0.3) is 0 Å². The third-order valence-corrected chi connectivity index (χ3v) is 8.40. The smallest absolute Gasteiger partial charge is 0.246 e. The number of carbonyl (C=O) groups excluding carboxylic acids is 2. The molecular formula is C21H31NO2. The Morgan fingerprint density at radius 1 is 1.08 bits per heavy atom. The van der Waals surface area contributed by atoms with Crippen LogP contribution in [-0.2, 0) is 9.59 Å². The zero-order valence-electron chi connectivity index (χ0n) is 15.6. The van der Waals surface area contributed by atoms with Crippen LogP contribution in [0.15, 0.2) is 11.6 Å². The monoisotopic (exact) mass is 329 g/mol. The van der Waals surface area contributed by atoms with Crippen molar-refractivity contribution < 1.29 is 9.59 Å². The second kappa shape index (κ2) is 5.19. The minimum absolute atomic E-state index is 0.0597. The number of hydrogen-bond acceptors (Lipinski definition) is 2. The van der Waals surface area contributed by atoms with Gasteiger partial charge in [-0.1, -0.05) is 26.3 Å². The summed E-state index contributed by atoms with van der Waals surface area (Å²) in [5, 5.41) is 0. The summed E-state index contributed by atoms with van der Waals surface area (Å²) in [5.41, 5.74) is 1.47. The van der Waals surface area contributed by atoms with Crippen LogP contribution in [0.2, 0.25) is 0 Å². The van der Waals surface area contributed by atoms with Crippen molar-refractivity contribution in [3.63, 3.8) is 0 Å². The quantitative estimate of drug-likeness (QED) is 0.677. The molecule has 1 amide bonds. The summed E-state index contributed by atoms with van der Waals surface area (Å²) in [6.45, 7) is 7.82. The molecule has 1 heterocycles. The van der Waals surface area contributed by atoms with Gasteiger partial charge in [0.2, 0.25) is 5.91 Å². The number of hydrogen-bond donors (Lipinski definition) is 0. The van der Waals surface area contributed by atoms with Gasteiger partial charge in [-0.3, -0.25) is 9.59 Å². The lowest BCUT2D eigenvalue weighted by molar-refractivity contribution is -0.133. The van der Waals surface area contributed by atoms with E-state index in [4.69, 9.17) is 0 Å². The third-order valence-electron chi connectivity index (χ3n) is 8.40. The number of nitrogens with zero attached hydrogens (tertiary/aromatic N) is 1. The number of amides is 1. The fourth-order valence-electron chi connectivity index (χ4n) is 6.88. The van der Waals surface area contributed by atoms with E-state index < -0.39 is 0 Å². The molecule has 0 aromatic carbocycles. The maximum Gasteiger partial charge on any atom is 0.246 e. The van der Waals surface area contributed by atoms with Crippen LogP contribution in [0.5, 0.6) is 0 Å². The van der Waals surface area contributed by atoms with Gasteiger partial charge in [0, 0.05) is 31.5 Å². The maximum absolute atomic E-state index is 12.5. The Hall–Kier alpha value is -1.12. The molecule has 4 aliphatic rings. The van der Waals surface area contributed by atoms with Crippen LogP contribution in [-0.4, -0.2) is 30.2 Å². The van der Waals surface area contributed by atoms with Crippen molar-refractivity contribution in [1.29, 1.82) is 0 Å². The van der Waals surface area contributed by atoms with Gasteiger partial charge < -0.3 is 4.90 Å². The lowest BCUT2D eigenvalue weighted by Crippen LogP contribution is -2.51. The Labute approximate surface area is 145 Å². The van der Waals surface area contributed by atoms with Gasteiger partial charge in [0.1, 0.15) is 5.78 Å². The number of fused-ring (bicyclic) bond motifs is 5. The van der Waals surface area contributed by atoms with Gasteiger partial charge in [-0.25, -0.2) is 0 Å². The second-order valence-electron chi connectivity index (χ2n) is 9.46. The van der Waals surface area contributed by atoms with E-state index >= 15 is 0 Å². The Morgan fingerprint density at radius 3 is 2.54 bits per heavy atom. The summed E-state index contributed by atoms with van der Waals surface area (Å²) in [4.78, 5) is 26.8. The molecule has 132 valence electrons. The highest BCUT2D eigenvalue weighted by molar-refractivity contribution is 5.89. The number of rotatable bonds is 0. The normalized spacial score (nSPS) is 48.3. The fourth-order valence-corrected chi connectivity index (χ4v) is 6.88. The largest absolute Gasteiger partial charge is 0.342 e. The molecular weight excluding hydrogens is 298 g/mol. The van der Waals surface area contributed by atoms with E-state index in [0.717, 1.165) is 45.1 Å². The molecule has 3 saturated carbocycles. The van der Waals surface area contributed by atoms with E-state index in [1.807, 2.05) is 18.0 Å². The molecule has 0 aromatic heterocycles. The summed E-state index contributed by atoms with van der Waals surface area (Å²) < 4.78 is 0. The number of ketones is 1. The fraction of sp³-hybridized carbons (Fsp3) is 0.810. The summed E-state index contributed by atoms with van der Waals surface area (Å²) in [7, 11) is 1.93. The molecule has 6 unspecified atom stereocenters. The molecule has 0 saturated heterocycles. The molecule has 1 aliphatic heterocycles. The minimum Gasteiger partial charge on any atom is -0.342 e. The van der Waals surface area contributed by atoms with Crippen molar-refractivity contribution in [2.75, 3.05) is 13.6 Å². The van der Waals surface area contributed by atoms with Crippen LogP contribution in [0, 0.1) is 34.5 Å². The summed E-state index contributed by atoms with van der Waals surface area (Å²) >= 11 is 0. The van der Waals surface area contributed by atoms with Crippen molar-refractivity contribution in [1.82, 2.24) is 4.90 Å². The van der Waals surface area contributed by atoms with E-state index in [1.54, 1.807) is 0 Å². The number of allylic oxidation sites excluding steroid dienone is 1. The zero-order chi connectivity index (χ0) is 17.3. The zero-order valence-corrected chi connectivity index (χ0v) is 15.6. The van der Waals surface area contributed by atoms with Crippen LogP contribution < -0.4 is 0 Å². The van der Waals surface area contributed by atoms with Crippen LogP contribution in [0.25, 0.3) is 0 Å². The average Bonchev–Trinajstić information content (AvgIpc) is 2.78. The highest BCUT2D eigenvalue weighted by Gasteiger charge is 2.59. The minimum atomic E-state index is -0.0597. The Balaban J connectivity index is 1.74. The van der Waals surface area contributed by atoms with Crippen molar-refractivity contribution in [3.8, 4) is 0 Å². The predicted molar refractivity (Wildman–Crippen MR) is 94.3 cm³/mol. The molecule has 0 radical (unpaired) electrons. The molecule has 4 rings (SSSR count). The molecule has 0 bridgehead atoms. The number of carbonyl (C=O) groups is 2. The second-order valence-corrected chi connectivity index (χ2v) is 9.46. The molecule has 0 N–H and O–H groups in total. The van der Waals surface area contributed by atoms with Crippen molar-refractivity contribution in [3.05, 3.63) is 11.6 Å². The number of likely N-dealkylation sites (N-methyl/N-ethyl adjacent to an activating group) is 1. The Bertz CT molecular complexity index is 623. The summed E-state index contributed by atoms with van der Waals surface area (Å²) in [6, 6.07) is 0. The van der Waals surface area contributed by atoms with Gasteiger partial charge in [-0.2, -0.15) is 0 Å². The number of Topliss-reactive ketones (excluding diaryl/α,β-unsaturated/α-hetero) is 1. The van der Waals surface area contributed by atoms with Crippen LogP contribution >= 0.6 is 0 Å². The first-order chi connectivity index (χ1) is 11.3. The topological polar surface area (TPSA) is 37.4 Å². The molecule has 3 heteroatoms. The lowest BCUT2D eigenvalue weighted by atomic mass is 9.47. The highest BCUT2D eigenvalue weighted by Crippen LogP contribution is 2.64. The van der Waals surface area contributed by atoms with E-state index in [2.05, 4.69) is 20.8 Å². The highest BCUT2D eigenvalue weighted by atomic mass is 16.2. The molecule has 3 fully saturated rings. The van der Waals surface area contributed by atoms with Crippen LogP contribution in [0.3, 0.4) is 0 Å². The van der Waals surface area contributed by atoms with E-state index in [-0.39, 0.29) is 16.7 Å². The Kier molecular flexibility index (Phi) is 3.54. The van der Waals surface area contributed by atoms with Gasteiger partial charge >= 0.3 is 0 Å². The lowest BCUT2D eigenvalue weighted by Gasteiger charge is -2.57. The van der Waals surface area contributed by atoms with Crippen molar-refractivity contribution in [2.45, 2.75) is 59.3 Å². The molecule has 24 heavy (non-hydrogen) atoms.